The van der Waals surface area contributed by atoms with Gasteiger partial charge < -0.3 is 23.7 Å². The average molecular weight is 491 g/mol. The highest BCUT2D eigenvalue weighted by molar-refractivity contribution is 5.86. The van der Waals surface area contributed by atoms with Gasteiger partial charge in [-0.2, -0.15) is 0 Å². The summed E-state index contributed by atoms with van der Waals surface area (Å²) >= 11 is 0. The van der Waals surface area contributed by atoms with Gasteiger partial charge in [0.05, 0.1) is 13.2 Å². The molecule has 1 heterocycles. The van der Waals surface area contributed by atoms with Gasteiger partial charge in [-0.1, -0.05) is 67.6 Å². The molecule has 1 saturated carbocycles. The Balaban J connectivity index is 1.53. The molecule has 6 heteroatoms. The lowest BCUT2D eigenvalue weighted by atomic mass is 9.62. The Hall–Kier alpha value is -2.95. The van der Waals surface area contributed by atoms with E-state index in [1.807, 2.05) is 67.6 Å². The van der Waals surface area contributed by atoms with Crippen LogP contribution in [0, 0.1) is 17.8 Å². The number of esters is 1. The zero-order chi connectivity index (χ0) is 25.4. The third-order valence-corrected chi connectivity index (χ3v) is 6.96. The predicted octanol–water partition coefficient (Wildman–Crippen LogP) is 5.17. The number of ether oxygens (including phenoxy) is 5. The molecule has 2 aromatic rings. The summed E-state index contributed by atoms with van der Waals surface area (Å²) in [5.41, 5.74) is 0.556. The summed E-state index contributed by atoms with van der Waals surface area (Å²) in [6.45, 7) is 6.60. The standard InChI is InChI=1S/C30H34O6/c1-4-16-30-28(34-21-32-19-25-11-7-5-8-12-25)23(2)15-17-29(30,24(3)18-27(31)36-30)35-22-33-20-26-13-9-6-10-14-26/h5-14,18,23,28H,15,17,19-22H2,1-3H3/t23?,28?,29-,30?/m0/s1. The van der Waals surface area contributed by atoms with Crippen LogP contribution < -0.4 is 0 Å². The van der Waals surface area contributed by atoms with Crippen molar-refractivity contribution >= 4 is 5.97 Å². The van der Waals surface area contributed by atoms with Crippen LogP contribution in [0.1, 0.15) is 44.7 Å². The maximum Gasteiger partial charge on any atom is 0.332 e. The van der Waals surface area contributed by atoms with Gasteiger partial charge in [0.15, 0.2) is 0 Å². The van der Waals surface area contributed by atoms with Gasteiger partial charge in [0.25, 0.3) is 0 Å². The molecule has 0 N–H and O–H groups in total. The van der Waals surface area contributed by atoms with Crippen molar-refractivity contribution in [3.8, 4) is 11.8 Å². The van der Waals surface area contributed by atoms with Gasteiger partial charge in [0.1, 0.15) is 25.3 Å². The summed E-state index contributed by atoms with van der Waals surface area (Å²) in [5.74, 6) is 5.80. The molecule has 0 radical (unpaired) electrons. The topological polar surface area (TPSA) is 63.2 Å². The molecule has 3 unspecified atom stereocenters. The fraction of sp³-hybridized carbons (Fsp3) is 0.433. The average Bonchev–Trinajstić information content (AvgIpc) is 2.88. The van der Waals surface area contributed by atoms with Crippen LogP contribution >= 0.6 is 0 Å². The van der Waals surface area contributed by atoms with Crippen LogP contribution in [0.25, 0.3) is 0 Å². The van der Waals surface area contributed by atoms with Gasteiger partial charge in [-0.05, 0) is 55.2 Å². The maximum absolute atomic E-state index is 12.7. The Kier molecular flexibility index (Phi) is 8.60. The van der Waals surface area contributed by atoms with Crippen molar-refractivity contribution in [3.05, 3.63) is 83.4 Å². The third kappa shape index (κ3) is 5.40. The molecule has 0 amide bonds. The van der Waals surface area contributed by atoms with Gasteiger partial charge in [0, 0.05) is 6.08 Å². The van der Waals surface area contributed by atoms with Crippen LogP contribution in [0.15, 0.2) is 72.3 Å². The van der Waals surface area contributed by atoms with E-state index in [-0.39, 0.29) is 19.5 Å². The molecule has 0 aromatic heterocycles. The molecular formula is C30H34O6. The Morgan fingerprint density at radius 2 is 1.58 bits per heavy atom. The van der Waals surface area contributed by atoms with Gasteiger partial charge in [-0.3, -0.25) is 0 Å². The van der Waals surface area contributed by atoms with Crippen LogP contribution in [0.4, 0.5) is 0 Å². The monoisotopic (exact) mass is 490 g/mol. The van der Waals surface area contributed by atoms with E-state index < -0.39 is 23.3 Å². The maximum atomic E-state index is 12.7. The molecule has 4 atom stereocenters. The molecule has 4 rings (SSSR count). The van der Waals surface area contributed by atoms with Crippen molar-refractivity contribution < 1.29 is 28.5 Å². The second-order valence-electron chi connectivity index (χ2n) is 9.34. The van der Waals surface area contributed by atoms with E-state index in [1.54, 1.807) is 6.92 Å². The normalized spacial score (nSPS) is 27.3. The largest absolute Gasteiger partial charge is 0.436 e. The Morgan fingerprint density at radius 3 is 2.19 bits per heavy atom. The van der Waals surface area contributed by atoms with Crippen LogP contribution in [0.2, 0.25) is 0 Å². The minimum Gasteiger partial charge on any atom is -0.436 e. The number of carbonyl (C=O) groups is 1. The first kappa shape index (κ1) is 26.1. The van der Waals surface area contributed by atoms with Crippen molar-refractivity contribution in [3.63, 3.8) is 0 Å². The zero-order valence-corrected chi connectivity index (χ0v) is 21.2. The molecule has 1 aliphatic heterocycles. The van der Waals surface area contributed by atoms with Crippen molar-refractivity contribution in [1.29, 1.82) is 0 Å². The summed E-state index contributed by atoms with van der Waals surface area (Å²) in [6.07, 6.45) is 2.37. The summed E-state index contributed by atoms with van der Waals surface area (Å²) < 4.78 is 30.5. The second kappa shape index (κ2) is 11.9. The Bertz CT molecular complexity index is 1100. The number of carbonyl (C=O) groups excluding carboxylic acids is 1. The van der Waals surface area contributed by atoms with Gasteiger partial charge >= 0.3 is 5.97 Å². The highest BCUT2D eigenvalue weighted by Gasteiger charge is 2.66. The fourth-order valence-corrected chi connectivity index (χ4v) is 5.20. The lowest BCUT2D eigenvalue weighted by Gasteiger charge is -2.56. The molecule has 1 fully saturated rings. The zero-order valence-electron chi connectivity index (χ0n) is 21.2. The molecule has 190 valence electrons. The van der Waals surface area contributed by atoms with E-state index in [0.717, 1.165) is 23.1 Å². The molecule has 2 aliphatic rings. The summed E-state index contributed by atoms with van der Waals surface area (Å²) in [6, 6.07) is 19.8. The second-order valence-corrected chi connectivity index (χ2v) is 9.34. The van der Waals surface area contributed by atoms with E-state index in [1.165, 1.54) is 6.08 Å². The molecule has 6 nitrogen and oxygen atoms in total. The smallest absolute Gasteiger partial charge is 0.332 e. The minimum atomic E-state index is -1.32. The first-order valence-corrected chi connectivity index (χ1v) is 12.4. The molecule has 1 aliphatic carbocycles. The van der Waals surface area contributed by atoms with Crippen LogP contribution in [-0.4, -0.2) is 36.9 Å². The van der Waals surface area contributed by atoms with Gasteiger partial charge in [-0.25, -0.2) is 4.79 Å². The first-order valence-electron chi connectivity index (χ1n) is 12.4. The Labute approximate surface area is 213 Å². The predicted molar refractivity (Wildman–Crippen MR) is 135 cm³/mol. The van der Waals surface area contributed by atoms with E-state index in [2.05, 4.69) is 18.8 Å². The third-order valence-electron chi connectivity index (χ3n) is 6.96. The number of fused-ring (bicyclic) bond motifs is 1. The summed E-state index contributed by atoms with van der Waals surface area (Å²) in [7, 11) is 0. The van der Waals surface area contributed by atoms with Crippen molar-refractivity contribution in [2.75, 3.05) is 13.6 Å². The number of rotatable bonds is 10. The van der Waals surface area contributed by atoms with Crippen molar-refractivity contribution in [2.24, 2.45) is 5.92 Å². The fourth-order valence-electron chi connectivity index (χ4n) is 5.20. The van der Waals surface area contributed by atoms with E-state index in [4.69, 9.17) is 23.7 Å². The number of benzene rings is 2. The van der Waals surface area contributed by atoms with E-state index >= 15 is 0 Å². The van der Waals surface area contributed by atoms with Crippen molar-refractivity contribution in [1.82, 2.24) is 0 Å². The Morgan fingerprint density at radius 1 is 0.972 bits per heavy atom. The summed E-state index contributed by atoms with van der Waals surface area (Å²) in [5, 5.41) is 0. The molecular weight excluding hydrogens is 456 g/mol. The lowest BCUT2D eigenvalue weighted by Crippen LogP contribution is -2.70. The highest BCUT2D eigenvalue weighted by Crippen LogP contribution is 2.52. The minimum absolute atomic E-state index is 0.0242. The van der Waals surface area contributed by atoms with Crippen molar-refractivity contribution in [2.45, 2.75) is 64.1 Å². The SMILES string of the molecule is CC#CC12OC(=O)C=C(C)[C@@]1(OCOCc1ccccc1)CCC(C)C2OCOCc1ccccc1. The van der Waals surface area contributed by atoms with Crippen LogP contribution in [0.5, 0.6) is 0 Å². The molecule has 0 spiro atoms. The van der Waals surface area contributed by atoms with Crippen LogP contribution in [-0.2, 0) is 41.7 Å². The first-order chi connectivity index (χ1) is 17.5. The summed E-state index contributed by atoms with van der Waals surface area (Å²) in [4.78, 5) is 12.7. The van der Waals surface area contributed by atoms with Gasteiger partial charge in [0.2, 0.25) is 5.60 Å². The van der Waals surface area contributed by atoms with E-state index in [9.17, 15) is 4.79 Å². The quantitative estimate of drug-likeness (QED) is 0.198. The molecule has 0 bridgehead atoms. The number of hydrogen-bond acceptors (Lipinski definition) is 6. The molecule has 2 aromatic carbocycles. The highest BCUT2D eigenvalue weighted by atomic mass is 16.7. The van der Waals surface area contributed by atoms with Gasteiger partial charge in [-0.15, -0.1) is 5.92 Å². The molecule has 0 saturated heterocycles. The lowest BCUT2D eigenvalue weighted by molar-refractivity contribution is -0.274. The molecule has 36 heavy (non-hydrogen) atoms. The van der Waals surface area contributed by atoms with Crippen LogP contribution in [0.3, 0.4) is 0 Å². The number of hydrogen-bond donors (Lipinski definition) is 0. The van der Waals surface area contributed by atoms with E-state index in [0.29, 0.717) is 19.6 Å².